The molecule has 0 aliphatic heterocycles. The normalized spacial score (nSPS) is 10.4. The molecule has 3 heteroatoms. The lowest BCUT2D eigenvalue weighted by Crippen LogP contribution is -2.16. The molecule has 2 aromatic rings. The maximum absolute atomic E-state index is 7.69. The van der Waals surface area contributed by atoms with Gasteiger partial charge in [-0.15, -0.1) is 0 Å². The first-order chi connectivity index (χ1) is 5.79. The predicted octanol–water partition coefficient (Wildman–Crippen LogP) is 1.05. The second-order valence-corrected chi connectivity index (χ2v) is 2.72. The van der Waals surface area contributed by atoms with Crippen LogP contribution in [0.2, 0.25) is 0 Å². The van der Waals surface area contributed by atoms with Gasteiger partial charge in [-0.25, -0.2) is 0 Å². The monoisotopic (exact) mass is 159 g/mol. The molecule has 1 N–H and O–H groups in total. The smallest absolute Gasteiger partial charge is 0.151 e. The first-order valence-electron chi connectivity index (χ1n) is 3.74. The van der Waals surface area contributed by atoms with Crippen LogP contribution in [0.15, 0.2) is 30.6 Å². The second-order valence-electron chi connectivity index (χ2n) is 2.72. The van der Waals surface area contributed by atoms with Gasteiger partial charge in [0, 0.05) is 24.8 Å². The largest absolute Gasteiger partial charge is 0.335 e. The molecule has 12 heavy (non-hydrogen) atoms. The third-order valence-electron chi connectivity index (χ3n) is 1.89. The SMILES string of the molecule is Cn1ccc2cccnc2c1=N. The van der Waals surface area contributed by atoms with Gasteiger partial charge in [0.15, 0.2) is 5.49 Å². The van der Waals surface area contributed by atoms with Crippen LogP contribution >= 0.6 is 0 Å². The molecule has 2 aromatic heterocycles. The van der Waals surface area contributed by atoms with Gasteiger partial charge in [-0.1, -0.05) is 6.07 Å². The van der Waals surface area contributed by atoms with Gasteiger partial charge in [-0.2, -0.15) is 0 Å². The Hall–Kier alpha value is -1.64. The molecule has 60 valence electrons. The van der Waals surface area contributed by atoms with Crippen molar-refractivity contribution in [2.75, 3.05) is 0 Å². The van der Waals surface area contributed by atoms with E-state index in [2.05, 4.69) is 4.98 Å². The van der Waals surface area contributed by atoms with Gasteiger partial charge in [0.25, 0.3) is 0 Å². The quantitative estimate of drug-likeness (QED) is 0.613. The van der Waals surface area contributed by atoms with Crippen LogP contribution in [-0.4, -0.2) is 9.55 Å². The number of hydrogen-bond donors (Lipinski definition) is 1. The zero-order chi connectivity index (χ0) is 8.55. The minimum Gasteiger partial charge on any atom is -0.335 e. The summed E-state index contributed by atoms with van der Waals surface area (Å²) in [4.78, 5) is 4.13. The number of pyridine rings is 2. The van der Waals surface area contributed by atoms with Crippen molar-refractivity contribution in [2.24, 2.45) is 7.05 Å². The molecule has 0 bridgehead atoms. The molecule has 0 spiro atoms. The number of aryl methyl sites for hydroxylation is 1. The lowest BCUT2D eigenvalue weighted by atomic mass is 10.2. The molecule has 2 rings (SSSR count). The van der Waals surface area contributed by atoms with Crippen LogP contribution in [0.25, 0.3) is 10.9 Å². The Kier molecular flexibility index (Phi) is 1.43. The van der Waals surface area contributed by atoms with Crippen LogP contribution in [0.4, 0.5) is 0 Å². The van der Waals surface area contributed by atoms with Crippen molar-refractivity contribution < 1.29 is 0 Å². The van der Waals surface area contributed by atoms with E-state index in [9.17, 15) is 0 Å². The van der Waals surface area contributed by atoms with Crippen LogP contribution in [-0.2, 0) is 7.05 Å². The van der Waals surface area contributed by atoms with Crippen LogP contribution in [0.3, 0.4) is 0 Å². The van der Waals surface area contributed by atoms with Crippen molar-refractivity contribution in [1.82, 2.24) is 9.55 Å². The zero-order valence-electron chi connectivity index (χ0n) is 6.78. The van der Waals surface area contributed by atoms with E-state index in [1.807, 2.05) is 31.4 Å². The highest BCUT2D eigenvalue weighted by Crippen LogP contribution is 2.03. The minimum atomic E-state index is 0.452. The van der Waals surface area contributed by atoms with E-state index in [4.69, 9.17) is 5.41 Å². The molecule has 0 aliphatic carbocycles. The Balaban J connectivity index is 3.01. The van der Waals surface area contributed by atoms with E-state index < -0.39 is 0 Å². The first kappa shape index (κ1) is 7.03. The lowest BCUT2D eigenvalue weighted by Gasteiger charge is -2.00. The fourth-order valence-electron chi connectivity index (χ4n) is 1.18. The van der Waals surface area contributed by atoms with Gasteiger partial charge in [0.2, 0.25) is 0 Å². The number of nitrogens with one attached hydrogen (secondary N) is 1. The van der Waals surface area contributed by atoms with Crippen molar-refractivity contribution in [2.45, 2.75) is 0 Å². The summed E-state index contributed by atoms with van der Waals surface area (Å²) >= 11 is 0. The third kappa shape index (κ3) is 0.906. The van der Waals surface area contributed by atoms with E-state index in [1.54, 1.807) is 10.8 Å². The van der Waals surface area contributed by atoms with Crippen LogP contribution in [0.5, 0.6) is 0 Å². The van der Waals surface area contributed by atoms with E-state index in [0.29, 0.717) is 5.49 Å². The van der Waals surface area contributed by atoms with E-state index in [0.717, 1.165) is 10.9 Å². The minimum absolute atomic E-state index is 0.452. The molecule has 0 amide bonds. The van der Waals surface area contributed by atoms with E-state index >= 15 is 0 Å². The third-order valence-corrected chi connectivity index (χ3v) is 1.89. The summed E-state index contributed by atoms with van der Waals surface area (Å²) in [7, 11) is 1.84. The van der Waals surface area contributed by atoms with Crippen molar-refractivity contribution >= 4 is 10.9 Å². The Labute approximate surface area is 69.8 Å². The van der Waals surface area contributed by atoms with Crippen molar-refractivity contribution in [3.05, 3.63) is 36.1 Å². The summed E-state index contributed by atoms with van der Waals surface area (Å²) < 4.78 is 1.75. The molecule has 0 unspecified atom stereocenters. The summed E-state index contributed by atoms with van der Waals surface area (Å²) in [5, 5.41) is 8.70. The predicted molar refractivity (Wildman–Crippen MR) is 46.6 cm³/mol. The van der Waals surface area contributed by atoms with Crippen molar-refractivity contribution in [3.63, 3.8) is 0 Å². The molecular weight excluding hydrogens is 150 g/mol. The molecule has 0 fully saturated rings. The van der Waals surface area contributed by atoms with Crippen LogP contribution < -0.4 is 5.49 Å². The highest BCUT2D eigenvalue weighted by atomic mass is 14.9. The average Bonchev–Trinajstić information content (AvgIpc) is 2.12. The summed E-state index contributed by atoms with van der Waals surface area (Å²) in [5.41, 5.74) is 1.20. The fraction of sp³-hybridized carbons (Fsp3) is 0.111. The Morgan fingerprint density at radius 2 is 2.25 bits per heavy atom. The highest BCUT2D eigenvalue weighted by Gasteiger charge is 1.95. The second kappa shape index (κ2) is 2.44. The standard InChI is InChI=1S/C9H9N3/c1-12-6-4-7-3-2-5-11-8(7)9(12)10/h2-6,10H,1H3. The Bertz CT molecular complexity index is 470. The Morgan fingerprint density at radius 1 is 1.42 bits per heavy atom. The van der Waals surface area contributed by atoms with E-state index in [-0.39, 0.29) is 0 Å². The van der Waals surface area contributed by atoms with Crippen LogP contribution in [0.1, 0.15) is 0 Å². The Morgan fingerprint density at radius 3 is 3.08 bits per heavy atom. The maximum atomic E-state index is 7.69. The van der Waals surface area contributed by atoms with Gasteiger partial charge < -0.3 is 4.57 Å². The fourth-order valence-corrected chi connectivity index (χ4v) is 1.18. The topological polar surface area (TPSA) is 41.7 Å². The number of fused-ring (bicyclic) bond motifs is 1. The van der Waals surface area contributed by atoms with Crippen molar-refractivity contribution in [1.29, 1.82) is 5.41 Å². The molecule has 3 nitrogen and oxygen atoms in total. The van der Waals surface area contributed by atoms with Gasteiger partial charge in [0.1, 0.15) is 5.52 Å². The summed E-state index contributed by atoms with van der Waals surface area (Å²) in [6, 6.07) is 5.79. The molecule has 2 heterocycles. The number of aromatic nitrogens is 2. The van der Waals surface area contributed by atoms with E-state index in [1.165, 1.54) is 0 Å². The molecule has 0 saturated carbocycles. The van der Waals surface area contributed by atoms with Crippen molar-refractivity contribution in [3.8, 4) is 0 Å². The number of rotatable bonds is 0. The number of hydrogen-bond acceptors (Lipinski definition) is 2. The lowest BCUT2D eigenvalue weighted by molar-refractivity contribution is 0.827. The molecular formula is C9H9N3. The zero-order valence-corrected chi connectivity index (χ0v) is 6.78. The van der Waals surface area contributed by atoms with Gasteiger partial charge >= 0.3 is 0 Å². The number of nitrogens with zero attached hydrogens (tertiary/aromatic N) is 2. The summed E-state index contributed by atoms with van der Waals surface area (Å²) in [6.45, 7) is 0. The summed E-state index contributed by atoms with van der Waals surface area (Å²) in [5.74, 6) is 0. The summed E-state index contributed by atoms with van der Waals surface area (Å²) in [6.07, 6.45) is 3.58. The van der Waals surface area contributed by atoms with Gasteiger partial charge in [-0.3, -0.25) is 10.4 Å². The molecule has 0 aromatic carbocycles. The van der Waals surface area contributed by atoms with Gasteiger partial charge in [-0.05, 0) is 12.1 Å². The van der Waals surface area contributed by atoms with Crippen LogP contribution in [0, 0.1) is 5.41 Å². The molecule has 0 saturated heterocycles. The maximum Gasteiger partial charge on any atom is 0.151 e. The highest BCUT2D eigenvalue weighted by molar-refractivity contribution is 5.76. The molecule has 0 aliphatic rings. The average molecular weight is 159 g/mol. The van der Waals surface area contributed by atoms with Gasteiger partial charge in [0.05, 0.1) is 0 Å². The first-order valence-corrected chi connectivity index (χ1v) is 3.74. The molecule has 0 atom stereocenters. The molecule has 0 radical (unpaired) electrons.